The van der Waals surface area contributed by atoms with Crippen LogP contribution in [0.1, 0.15) is 39.0 Å². The molecule has 0 unspecified atom stereocenters. The van der Waals surface area contributed by atoms with Crippen molar-refractivity contribution in [2.45, 2.75) is 56.4 Å². The van der Waals surface area contributed by atoms with Gasteiger partial charge in [-0.3, -0.25) is 13.9 Å². The number of amides is 1. The zero-order valence-corrected chi connectivity index (χ0v) is 15.1. The molecule has 1 N–H and O–H groups in total. The molecule has 4 nitrogen and oxygen atoms in total. The van der Waals surface area contributed by atoms with E-state index in [9.17, 15) is 9.00 Å². The summed E-state index contributed by atoms with van der Waals surface area (Å²) in [4.78, 5) is 14.3. The average Bonchev–Trinajstić information content (AvgIpc) is 2.78. The highest BCUT2D eigenvalue weighted by atomic mass is 32.2. The first-order valence-electron chi connectivity index (χ1n) is 7.58. The molecule has 1 heterocycles. The Morgan fingerprint density at radius 1 is 1.48 bits per heavy atom. The third-order valence-corrected chi connectivity index (χ3v) is 6.98. The number of carbonyl (C=O) groups is 1. The van der Waals surface area contributed by atoms with Gasteiger partial charge in [0.15, 0.2) is 5.11 Å². The van der Waals surface area contributed by atoms with Crippen molar-refractivity contribution in [3.05, 3.63) is 0 Å². The van der Waals surface area contributed by atoms with Crippen LogP contribution >= 0.6 is 24.0 Å². The van der Waals surface area contributed by atoms with E-state index in [1.807, 2.05) is 13.2 Å². The monoisotopic (exact) mass is 348 g/mol. The van der Waals surface area contributed by atoms with E-state index in [2.05, 4.69) is 5.32 Å². The lowest BCUT2D eigenvalue weighted by Gasteiger charge is -2.34. The second-order valence-electron chi connectivity index (χ2n) is 5.60. The van der Waals surface area contributed by atoms with Gasteiger partial charge in [-0.05, 0) is 49.9 Å². The van der Waals surface area contributed by atoms with Crippen molar-refractivity contribution in [1.29, 1.82) is 0 Å². The van der Waals surface area contributed by atoms with Gasteiger partial charge in [0.2, 0.25) is 0 Å². The van der Waals surface area contributed by atoms with Gasteiger partial charge in [0.1, 0.15) is 6.04 Å². The molecule has 120 valence electrons. The summed E-state index contributed by atoms with van der Waals surface area (Å²) < 4.78 is 12.1. The second-order valence-corrected chi connectivity index (χ2v) is 8.98. The molecule has 0 aromatic carbocycles. The van der Waals surface area contributed by atoms with Gasteiger partial charge in [0.05, 0.1) is 0 Å². The van der Waals surface area contributed by atoms with E-state index in [-0.39, 0.29) is 23.2 Å². The van der Waals surface area contributed by atoms with Gasteiger partial charge in [-0.15, -0.1) is 0 Å². The van der Waals surface area contributed by atoms with Gasteiger partial charge < -0.3 is 5.32 Å². The van der Waals surface area contributed by atoms with Crippen LogP contribution in [-0.2, 0) is 15.6 Å². The van der Waals surface area contributed by atoms with E-state index in [0.29, 0.717) is 10.9 Å². The molecule has 21 heavy (non-hydrogen) atoms. The summed E-state index contributed by atoms with van der Waals surface area (Å²) in [6.07, 6.45) is 6.69. The Hall–Kier alpha value is -0.140. The molecule has 1 saturated carbocycles. The number of thiocarbonyl (C=S) groups is 1. The second kappa shape index (κ2) is 7.92. The van der Waals surface area contributed by atoms with Crippen molar-refractivity contribution in [2.24, 2.45) is 0 Å². The fourth-order valence-corrected chi connectivity index (χ4v) is 5.35. The predicted octanol–water partition coefficient (Wildman–Crippen LogP) is 1.90. The Morgan fingerprint density at radius 2 is 2.24 bits per heavy atom. The zero-order valence-electron chi connectivity index (χ0n) is 12.7. The van der Waals surface area contributed by atoms with E-state index in [0.717, 1.165) is 37.9 Å². The minimum absolute atomic E-state index is 0.113. The summed E-state index contributed by atoms with van der Waals surface area (Å²) in [6, 6.07) is -0.0342. The quantitative estimate of drug-likeness (QED) is 0.743. The lowest BCUT2D eigenvalue weighted by molar-refractivity contribution is -0.129. The van der Waals surface area contributed by atoms with E-state index in [1.165, 1.54) is 0 Å². The Bertz CT molecular complexity index is 430. The number of nitrogens with one attached hydrogen (secondary N) is 1. The third-order valence-electron chi connectivity index (χ3n) is 4.28. The molecule has 2 rings (SSSR count). The molecule has 7 heteroatoms. The molecule has 2 aliphatic rings. The van der Waals surface area contributed by atoms with Crippen molar-refractivity contribution >= 4 is 45.8 Å². The van der Waals surface area contributed by atoms with Crippen LogP contribution in [0.5, 0.6) is 0 Å². The summed E-state index contributed by atoms with van der Waals surface area (Å²) in [5.41, 5.74) is 0. The van der Waals surface area contributed by atoms with Crippen molar-refractivity contribution in [1.82, 2.24) is 10.2 Å². The summed E-state index contributed by atoms with van der Waals surface area (Å²) in [5, 5.41) is 3.95. The summed E-state index contributed by atoms with van der Waals surface area (Å²) in [7, 11) is -0.775. The average molecular weight is 349 g/mol. The zero-order chi connectivity index (χ0) is 15.4. The normalized spacial score (nSPS) is 31.3. The van der Waals surface area contributed by atoms with E-state index < -0.39 is 10.8 Å². The van der Waals surface area contributed by atoms with Crippen LogP contribution in [0.4, 0.5) is 0 Å². The largest absolute Gasteiger partial charge is 0.350 e. The Labute approximate surface area is 139 Å². The Kier molecular flexibility index (Phi) is 6.50. The number of thioether (sulfide) groups is 1. The minimum Gasteiger partial charge on any atom is -0.350 e. The molecule has 0 radical (unpaired) electrons. The molecule has 1 saturated heterocycles. The van der Waals surface area contributed by atoms with Crippen LogP contribution in [0.25, 0.3) is 0 Å². The maximum absolute atomic E-state index is 12.6. The molecule has 0 aromatic rings. The molecule has 1 aliphatic heterocycles. The van der Waals surface area contributed by atoms with Gasteiger partial charge in [0, 0.05) is 27.8 Å². The summed E-state index contributed by atoms with van der Waals surface area (Å²) in [6.45, 7) is 1.96. The first-order valence-corrected chi connectivity index (χ1v) is 10.8. The molecular formula is C14H24N2O2S3. The predicted molar refractivity (Wildman–Crippen MR) is 94.1 cm³/mol. The highest BCUT2D eigenvalue weighted by molar-refractivity contribution is 7.98. The van der Waals surface area contributed by atoms with Crippen LogP contribution in [0, 0.1) is 0 Å². The standard InChI is InChI=1S/C14H24N2O2S3/c1-3-21(18)11-6-4-5-10(9-11)16-13(17)12(7-8-20-2)15-14(16)19/h10-12H,3-9H2,1-2H3,(H,15,19)/t10-,11+,12+,21-/m0/s1. The smallest absolute Gasteiger partial charge is 0.251 e. The van der Waals surface area contributed by atoms with Crippen LogP contribution in [-0.4, -0.2) is 55.2 Å². The van der Waals surface area contributed by atoms with E-state index in [4.69, 9.17) is 12.2 Å². The van der Waals surface area contributed by atoms with Gasteiger partial charge in [-0.2, -0.15) is 11.8 Å². The SMILES string of the molecule is CC[S@](=O)[C@@H]1CCC[C@H](N2C(=O)[C@@H](CCSC)NC2=S)C1. The maximum Gasteiger partial charge on any atom is 0.251 e. The van der Waals surface area contributed by atoms with Gasteiger partial charge in [-0.1, -0.05) is 13.3 Å². The molecule has 0 spiro atoms. The highest BCUT2D eigenvalue weighted by Crippen LogP contribution is 2.29. The number of rotatable bonds is 6. The van der Waals surface area contributed by atoms with Gasteiger partial charge >= 0.3 is 0 Å². The van der Waals surface area contributed by atoms with Crippen LogP contribution in [0.2, 0.25) is 0 Å². The molecule has 2 fully saturated rings. The van der Waals surface area contributed by atoms with Gasteiger partial charge in [0.25, 0.3) is 5.91 Å². The van der Waals surface area contributed by atoms with E-state index >= 15 is 0 Å². The number of nitrogens with zero attached hydrogens (tertiary/aromatic N) is 1. The van der Waals surface area contributed by atoms with Crippen molar-refractivity contribution in [3.63, 3.8) is 0 Å². The van der Waals surface area contributed by atoms with Crippen LogP contribution in [0.3, 0.4) is 0 Å². The molecular weight excluding hydrogens is 324 g/mol. The number of hydrogen-bond donors (Lipinski definition) is 1. The number of hydrogen-bond acceptors (Lipinski definition) is 4. The molecule has 0 aromatic heterocycles. The lowest BCUT2D eigenvalue weighted by Crippen LogP contribution is -2.45. The molecule has 4 atom stereocenters. The first kappa shape index (κ1) is 17.2. The summed E-state index contributed by atoms with van der Waals surface area (Å²) >= 11 is 7.11. The summed E-state index contributed by atoms with van der Waals surface area (Å²) in [5.74, 6) is 1.76. The first-order chi connectivity index (χ1) is 10.1. The molecule has 0 bridgehead atoms. The van der Waals surface area contributed by atoms with Crippen LogP contribution in [0.15, 0.2) is 0 Å². The van der Waals surface area contributed by atoms with E-state index in [1.54, 1.807) is 16.7 Å². The molecule has 1 aliphatic carbocycles. The van der Waals surface area contributed by atoms with Crippen molar-refractivity contribution < 1.29 is 9.00 Å². The van der Waals surface area contributed by atoms with Crippen molar-refractivity contribution in [2.75, 3.05) is 17.8 Å². The van der Waals surface area contributed by atoms with Crippen LogP contribution < -0.4 is 5.32 Å². The fourth-order valence-electron chi connectivity index (χ4n) is 3.15. The Balaban J connectivity index is 2.01. The topological polar surface area (TPSA) is 49.4 Å². The fraction of sp³-hybridized carbons (Fsp3) is 0.857. The lowest BCUT2D eigenvalue weighted by atomic mass is 9.93. The van der Waals surface area contributed by atoms with Crippen molar-refractivity contribution in [3.8, 4) is 0 Å². The highest BCUT2D eigenvalue weighted by Gasteiger charge is 2.41. The Morgan fingerprint density at radius 3 is 2.90 bits per heavy atom. The minimum atomic E-state index is -0.775. The maximum atomic E-state index is 12.6. The third kappa shape index (κ3) is 3.99. The van der Waals surface area contributed by atoms with Gasteiger partial charge in [-0.25, -0.2) is 0 Å². The molecule has 1 amide bonds. The number of carbonyl (C=O) groups excluding carboxylic acids is 1.